The summed E-state index contributed by atoms with van der Waals surface area (Å²) in [5.41, 5.74) is 0.849. The molecular weight excluding hydrogens is 435 g/mol. The number of methoxy groups -OCH3 is 1. The van der Waals surface area contributed by atoms with E-state index in [2.05, 4.69) is 0 Å². The third kappa shape index (κ3) is 5.81. The molecule has 1 aromatic carbocycles. The van der Waals surface area contributed by atoms with Crippen molar-refractivity contribution in [2.24, 2.45) is 0 Å². The second-order valence-corrected chi connectivity index (χ2v) is 7.67. The smallest absolute Gasteiger partial charge is 0.256 e. The normalized spacial score (nSPS) is 12.3. The molecule has 2 aromatic rings. The fraction of sp³-hybridized carbons (Fsp3) is 0.400. The van der Waals surface area contributed by atoms with E-state index < -0.39 is 10.7 Å². The summed E-state index contributed by atoms with van der Waals surface area (Å²) in [4.78, 5) is 27.0. The summed E-state index contributed by atoms with van der Waals surface area (Å²) < 4.78 is 21.2. The van der Waals surface area contributed by atoms with Crippen LogP contribution in [0.25, 0.3) is 0 Å². The fourth-order valence-corrected chi connectivity index (χ4v) is 3.23. The molecule has 0 unspecified atom stereocenters. The zero-order valence-electron chi connectivity index (χ0n) is 16.4. The second-order valence-electron chi connectivity index (χ2n) is 6.57. The van der Waals surface area contributed by atoms with E-state index in [1.165, 1.54) is 12.0 Å². The van der Waals surface area contributed by atoms with Gasteiger partial charge in [0.05, 0.1) is 26.0 Å². The number of fused-ring (bicyclic) bond motifs is 1. The number of rotatable bonds is 10. The maximum atomic E-state index is 13.1. The fourth-order valence-electron chi connectivity index (χ4n) is 2.95. The number of amides is 2. The highest BCUT2D eigenvalue weighted by molar-refractivity contribution is 6.53. The molecule has 2 heterocycles. The highest BCUT2D eigenvalue weighted by Gasteiger charge is 2.26. The molecule has 0 spiro atoms. The summed E-state index contributed by atoms with van der Waals surface area (Å²) in [6, 6.07) is 9.01. The van der Waals surface area contributed by atoms with Crippen LogP contribution in [0.15, 0.2) is 41.0 Å². The summed E-state index contributed by atoms with van der Waals surface area (Å²) in [7, 11) is 1.51. The van der Waals surface area contributed by atoms with Crippen molar-refractivity contribution < 1.29 is 28.2 Å². The minimum atomic E-state index is -1.26. The van der Waals surface area contributed by atoms with Crippen LogP contribution >= 0.6 is 23.2 Å². The Morgan fingerprint density at radius 3 is 2.63 bits per heavy atom. The first kappa shape index (κ1) is 22.3. The van der Waals surface area contributed by atoms with Crippen molar-refractivity contribution in [3.8, 4) is 11.5 Å². The van der Waals surface area contributed by atoms with E-state index in [-0.39, 0.29) is 45.5 Å². The minimum Gasteiger partial charge on any atom is -0.467 e. The predicted octanol–water partition coefficient (Wildman–Crippen LogP) is 2.82. The van der Waals surface area contributed by atoms with E-state index in [1.807, 2.05) is 12.1 Å². The standard InChI is InChI=1S/C20H22Cl2N2O6/c1-27-8-6-23(20(26)19(21)22)12-18(25)24(11-15-3-2-7-28-15)10-14-4-5-16-17(9-14)30-13-29-16/h2-5,7,9,19H,6,8,10-13H2,1H3. The van der Waals surface area contributed by atoms with Gasteiger partial charge in [0.2, 0.25) is 12.7 Å². The monoisotopic (exact) mass is 456 g/mol. The topological polar surface area (TPSA) is 81.5 Å². The molecule has 0 saturated carbocycles. The van der Waals surface area contributed by atoms with Crippen LogP contribution in [0.1, 0.15) is 11.3 Å². The van der Waals surface area contributed by atoms with E-state index in [1.54, 1.807) is 29.4 Å². The number of halogens is 2. The lowest BCUT2D eigenvalue weighted by atomic mass is 10.2. The molecule has 3 rings (SSSR count). The molecule has 0 N–H and O–H groups in total. The molecule has 0 saturated heterocycles. The summed E-state index contributed by atoms with van der Waals surface area (Å²) in [6.45, 7) is 0.937. The second kappa shape index (κ2) is 10.6. The molecule has 0 bridgehead atoms. The number of alkyl halides is 2. The predicted molar refractivity (Wildman–Crippen MR) is 109 cm³/mol. The number of furan rings is 1. The van der Waals surface area contributed by atoms with Crippen molar-refractivity contribution in [2.45, 2.75) is 17.9 Å². The van der Waals surface area contributed by atoms with Gasteiger partial charge in [-0.2, -0.15) is 0 Å². The molecule has 0 aliphatic carbocycles. The van der Waals surface area contributed by atoms with Crippen LogP contribution in [0.5, 0.6) is 11.5 Å². The Hall–Kier alpha value is -2.42. The van der Waals surface area contributed by atoms with Crippen molar-refractivity contribution in [1.29, 1.82) is 0 Å². The highest BCUT2D eigenvalue weighted by Crippen LogP contribution is 2.33. The number of ether oxygens (including phenoxy) is 3. The third-order valence-electron chi connectivity index (χ3n) is 4.48. The number of nitrogens with zero attached hydrogens (tertiary/aromatic N) is 2. The van der Waals surface area contributed by atoms with E-state index in [0.717, 1.165) is 5.56 Å². The first-order chi connectivity index (χ1) is 14.5. The Morgan fingerprint density at radius 1 is 1.13 bits per heavy atom. The Balaban J connectivity index is 1.76. The van der Waals surface area contributed by atoms with E-state index in [4.69, 9.17) is 41.8 Å². The average Bonchev–Trinajstić information content (AvgIpc) is 3.41. The lowest BCUT2D eigenvalue weighted by molar-refractivity contribution is -0.141. The van der Waals surface area contributed by atoms with Gasteiger partial charge < -0.3 is 28.4 Å². The van der Waals surface area contributed by atoms with Crippen LogP contribution in [0.4, 0.5) is 0 Å². The van der Waals surface area contributed by atoms with Gasteiger partial charge in [-0.15, -0.1) is 0 Å². The summed E-state index contributed by atoms with van der Waals surface area (Å²) >= 11 is 11.5. The van der Waals surface area contributed by atoms with Gasteiger partial charge in [-0.25, -0.2) is 0 Å². The molecule has 1 aromatic heterocycles. The number of benzene rings is 1. The van der Waals surface area contributed by atoms with Crippen molar-refractivity contribution >= 4 is 35.0 Å². The van der Waals surface area contributed by atoms with Crippen molar-refractivity contribution in [3.05, 3.63) is 47.9 Å². The van der Waals surface area contributed by atoms with Crippen LogP contribution in [-0.2, 0) is 27.4 Å². The van der Waals surface area contributed by atoms with Crippen molar-refractivity contribution in [3.63, 3.8) is 0 Å². The van der Waals surface area contributed by atoms with E-state index in [9.17, 15) is 9.59 Å². The van der Waals surface area contributed by atoms with Crippen LogP contribution in [0.2, 0.25) is 0 Å². The largest absolute Gasteiger partial charge is 0.467 e. The van der Waals surface area contributed by atoms with Crippen LogP contribution < -0.4 is 9.47 Å². The SMILES string of the molecule is COCCN(CC(=O)N(Cc1ccc2c(c1)OCO2)Cc1ccco1)C(=O)C(Cl)Cl. The van der Waals surface area contributed by atoms with Crippen molar-refractivity contribution in [2.75, 3.05) is 33.6 Å². The maximum Gasteiger partial charge on any atom is 0.256 e. The number of carbonyl (C=O) groups excluding carboxylic acids is 2. The molecule has 0 fully saturated rings. The molecule has 0 atom stereocenters. The highest BCUT2D eigenvalue weighted by atomic mass is 35.5. The van der Waals surface area contributed by atoms with Gasteiger partial charge >= 0.3 is 0 Å². The molecule has 162 valence electrons. The molecule has 30 heavy (non-hydrogen) atoms. The van der Waals surface area contributed by atoms with Gasteiger partial charge in [-0.05, 0) is 29.8 Å². The molecule has 2 amide bonds. The Kier molecular flexibility index (Phi) is 7.84. The molecule has 10 heteroatoms. The van der Waals surface area contributed by atoms with Crippen molar-refractivity contribution in [1.82, 2.24) is 9.80 Å². The van der Waals surface area contributed by atoms with Gasteiger partial charge in [0.15, 0.2) is 16.3 Å². The minimum absolute atomic E-state index is 0.169. The van der Waals surface area contributed by atoms with Crippen LogP contribution in [-0.4, -0.2) is 60.0 Å². The first-order valence-electron chi connectivity index (χ1n) is 9.22. The Bertz CT molecular complexity index is 859. The molecule has 0 radical (unpaired) electrons. The lowest BCUT2D eigenvalue weighted by Crippen LogP contribution is -2.45. The summed E-state index contributed by atoms with van der Waals surface area (Å²) in [5.74, 6) is 1.06. The van der Waals surface area contributed by atoms with Gasteiger partial charge in [0.25, 0.3) is 5.91 Å². The molecule has 1 aliphatic rings. The van der Waals surface area contributed by atoms with Crippen LogP contribution in [0.3, 0.4) is 0 Å². The summed E-state index contributed by atoms with van der Waals surface area (Å²) in [6.07, 6.45) is 1.54. The zero-order valence-corrected chi connectivity index (χ0v) is 17.9. The molecule has 1 aliphatic heterocycles. The lowest BCUT2D eigenvalue weighted by Gasteiger charge is -2.27. The Labute approximate surface area is 184 Å². The van der Waals surface area contributed by atoms with E-state index >= 15 is 0 Å². The van der Waals surface area contributed by atoms with Gasteiger partial charge in [0, 0.05) is 20.2 Å². The van der Waals surface area contributed by atoms with Gasteiger partial charge in [-0.1, -0.05) is 29.3 Å². The number of hydrogen-bond acceptors (Lipinski definition) is 6. The average molecular weight is 457 g/mol. The maximum absolute atomic E-state index is 13.1. The quantitative estimate of drug-likeness (QED) is 0.511. The van der Waals surface area contributed by atoms with Crippen LogP contribution in [0, 0.1) is 0 Å². The zero-order chi connectivity index (χ0) is 21.5. The van der Waals surface area contributed by atoms with Gasteiger partial charge in [-0.3, -0.25) is 9.59 Å². The molecule has 8 nitrogen and oxygen atoms in total. The number of carbonyl (C=O) groups is 2. The Morgan fingerprint density at radius 2 is 1.93 bits per heavy atom. The van der Waals surface area contributed by atoms with E-state index in [0.29, 0.717) is 17.3 Å². The molecular formula is C20H22Cl2N2O6. The number of hydrogen-bond donors (Lipinski definition) is 0. The van der Waals surface area contributed by atoms with Gasteiger partial charge in [0.1, 0.15) is 5.76 Å². The summed E-state index contributed by atoms with van der Waals surface area (Å²) in [5, 5.41) is 0. The third-order valence-corrected chi connectivity index (χ3v) is 4.85. The first-order valence-corrected chi connectivity index (χ1v) is 10.1.